The monoisotopic (exact) mass is 397 g/mol. The van der Waals surface area contributed by atoms with Gasteiger partial charge in [-0.05, 0) is 87.9 Å². The van der Waals surface area contributed by atoms with Gasteiger partial charge in [0.25, 0.3) is 0 Å². The highest BCUT2D eigenvalue weighted by Crippen LogP contribution is 2.69. The van der Waals surface area contributed by atoms with Crippen LogP contribution in [0.15, 0.2) is 23.0 Å². The van der Waals surface area contributed by atoms with Crippen molar-refractivity contribution in [3.63, 3.8) is 0 Å². The molecule has 6 atom stereocenters. The van der Waals surface area contributed by atoms with Gasteiger partial charge in [-0.1, -0.05) is 25.5 Å². The molecule has 0 spiro atoms. The number of esters is 1. The van der Waals surface area contributed by atoms with Crippen LogP contribution in [0.3, 0.4) is 0 Å². The maximum atomic E-state index is 11.7. The fourth-order valence-corrected chi connectivity index (χ4v) is 7.90. The Labute approximate surface area is 175 Å². The molecule has 2 fully saturated rings. The van der Waals surface area contributed by atoms with Gasteiger partial charge < -0.3 is 9.84 Å². The molecule has 0 radical (unpaired) electrons. The van der Waals surface area contributed by atoms with Gasteiger partial charge in [0, 0.05) is 12.3 Å². The summed E-state index contributed by atoms with van der Waals surface area (Å²) in [6.07, 6.45) is 8.14. The summed E-state index contributed by atoms with van der Waals surface area (Å²) in [5, 5.41) is 21.0. The number of carbonyl (C=O) groups excluding carboxylic acids is 1. The molecule has 4 heteroatoms. The molecule has 4 nitrogen and oxygen atoms in total. The second-order valence-electron chi connectivity index (χ2n) is 11.2. The van der Waals surface area contributed by atoms with E-state index in [1.165, 1.54) is 12.5 Å². The maximum absolute atomic E-state index is 11.7. The van der Waals surface area contributed by atoms with Crippen molar-refractivity contribution in [3.8, 4) is 6.07 Å². The topological polar surface area (TPSA) is 70.3 Å². The van der Waals surface area contributed by atoms with E-state index in [0.29, 0.717) is 35.5 Å². The quantitative estimate of drug-likeness (QED) is 0.482. The number of rotatable bonds is 1. The normalized spacial score (nSPS) is 45.4. The van der Waals surface area contributed by atoms with Crippen molar-refractivity contribution in [1.82, 2.24) is 0 Å². The molecule has 1 N–H and O–H groups in total. The number of aliphatic hydroxyl groups is 1. The number of allylic oxidation sites excluding steroid dienone is 3. The van der Waals surface area contributed by atoms with Crippen LogP contribution in [0.1, 0.15) is 80.1 Å². The molecule has 0 aliphatic heterocycles. The zero-order chi connectivity index (χ0) is 21.4. The molecule has 0 saturated heterocycles. The molecule has 0 amide bonds. The molecular weight excluding hydrogens is 362 g/mol. The van der Waals surface area contributed by atoms with Gasteiger partial charge in [-0.2, -0.15) is 5.26 Å². The van der Waals surface area contributed by atoms with E-state index in [0.717, 1.165) is 32.1 Å². The SMILES string of the molecule is CC(=O)OC1=C(C#N)C[C@@]2(C)C(=CC[C@@H]3[C@@H]2CC[C@@]2(C)[C@H]3CC[C@@]2(C)O)C1(C)C. The van der Waals surface area contributed by atoms with Crippen molar-refractivity contribution in [2.45, 2.75) is 85.7 Å². The van der Waals surface area contributed by atoms with Gasteiger partial charge in [0.15, 0.2) is 0 Å². The minimum atomic E-state index is -0.584. The summed E-state index contributed by atoms with van der Waals surface area (Å²) in [7, 11) is 0. The first-order valence-electron chi connectivity index (χ1n) is 11.1. The van der Waals surface area contributed by atoms with Crippen LogP contribution < -0.4 is 0 Å². The van der Waals surface area contributed by atoms with Crippen molar-refractivity contribution >= 4 is 5.97 Å². The summed E-state index contributed by atoms with van der Waals surface area (Å²) in [6, 6.07) is 2.37. The number of hydrogen-bond donors (Lipinski definition) is 1. The molecule has 0 aromatic carbocycles. The van der Waals surface area contributed by atoms with Crippen LogP contribution in [-0.2, 0) is 9.53 Å². The average molecular weight is 398 g/mol. The van der Waals surface area contributed by atoms with E-state index in [-0.39, 0.29) is 16.8 Å². The number of carbonyl (C=O) groups is 1. The fraction of sp³-hybridized carbons (Fsp3) is 0.760. The summed E-state index contributed by atoms with van der Waals surface area (Å²) in [6.45, 7) is 12.3. The Kier molecular flexibility index (Phi) is 4.42. The Morgan fingerprint density at radius 2 is 1.83 bits per heavy atom. The maximum Gasteiger partial charge on any atom is 0.307 e. The highest BCUT2D eigenvalue weighted by atomic mass is 16.5. The van der Waals surface area contributed by atoms with E-state index in [4.69, 9.17) is 4.74 Å². The molecule has 0 heterocycles. The van der Waals surface area contributed by atoms with Gasteiger partial charge >= 0.3 is 5.97 Å². The van der Waals surface area contributed by atoms with Crippen molar-refractivity contribution in [1.29, 1.82) is 5.26 Å². The van der Waals surface area contributed by atoms with Crippen LogP contribution in [0.5, 0.6) is 0 Å². The first-order chi connectivity index (χ1) is 13.4. The van der Waals surface area contributed by atoms with Crippen LogP contribution in [0.2, 0.25) is 0 Å². The van der Waals surface area contributed by atoms with Gasteiger partial charge in [-0.3, -0.25) is 4.79 Å². The Hall–Kier alpha value is -1.60. The third-order valence-corrected chi connectivity index (χ3v) is 9.47. The van der Waals surface area contributed by atoms with Gasteiger partial charge in [0.05, 0.1) is 17.2 Å². The molecule has 4 aliphatic carbocycles. The number of nitriles is 1. The molecule has 158 valence electrons. The molecule has 29 heavy (non-hydrogen) atoms. The van der Waals surface area contributed by atoms with Gasteiger partial charge in [-0.15, -0.1) is 0 Å². The lowest BCUT2D eigenvalue weighted by molar-refractivity contribution is -0.139. The van der Waals surface area contributed by atoms with E-state index in [2.05, 4.69) is 39.8 Å². The molecule has 4 aliphatic rings. The zero-order valence-corrected chi connectivity index (χ0v) is 18.8. The fourth-order valence-electron chi connectivity index (χ4n) is 7.90. The Morgan fingerprint density at radius 1 is 1.17 bits per heavy atom. The minimum absolute atomic E-state index is 0.0170. The number of fused-ring (bicyclic) bond motifs is 5. The van der Waals surface area contributed by atoms with Crippen LogP contribution in [0.25, 0.3) is 0 Å². The van der Waals surface area contributed by atoms with Crippen molar-refractivity contribution < 1.29 is 14.6 Å². The molecule has 0 aromatic heterocycles. The van der Waals surface area contributed by atoms with Crippen molar-refractivity contribution in [2.75, 3.05) is 0 Å². The van der Waals surface area contributed by atoms with E-state index >= 15 is 0 Å². The molecule has 0 bridgehead atoms. The lowest BCUT2D eigenvalue weighted by atomic mass is 9.44. The predicted molar refractivity (Wildman–Crippen MR) is 111 cm³/mol. The third-order valence-electron chi connectivity index (χ3n) is 9.47. The second kappa shape index (κ2) is 6.20. The highest BCUT2D eigenvalue weighted by molar-refractivity contribution is 5.68. The first kappa shape index (κ1) is 20.7. The van der Waals surface area contributed by atoms with E-state index in [1.54, 1.807) is 0 Å². The molecule has 0 aromatic rings. The van der Waals surface area contributed by atoms with E-state index in [1.807, 2.05) is 6.92 Å². The van der Waals surface area contributed by atoms with Crippen LogP contribution in [0.4, 0.5) is 0 Å². The van der Waals surface area contributed by atoms with Crippen molar-refractivity contribution in [2.24, 2.45) is 34.0 Å². The van der Waals surface area contributed by atoms with E-state index < -0.39 is 11.0 Å². The highest BCUT2D eigenvalue weighted by Gasteiger charge is 2.63. The van der Waals surface area contributed by atoms with Gasteiger partial charge in [0.2, 0.25) is 0 Å². The molecular formula is C25H35NO3. The average Bonchev–Trinajstić information content (AvgIpc) is 2.86. The summed E-state index contributed by atoms with van der Waals surface area (Å²) in [5.74, 6) is 1.75. The van der Waals surface area contributed by atoms with Gasteiger partial charge in [-0.25, -0.2) is 0 Å². The second-order valence-corrected chi connectivity index (χ2v) is 11.2. The zero-order valence-electron chi connectivity index (χ0n) is 18.8. The summed E-state index contributed by atoms with van der Waals surface area (Å²) >= 11 is 0. The number of ether oxygens (including phenoxy) is 1. The van der Waals surface area contributed by atoms with Crippen molar-refractivity contribution in [3.05, 3.63) is 23.0 Å². The Morgan fingerprint density at radius 3 is 2.45 bits per heavy atom. The first-order valence-corrected chi connectivity index (χ1v) is 11.1. The van der Waals surface area contributed by atoms with Gasteiger partial charge in [0.1, 0.15) is 5.76 Å². The number of hydrogen-bond acceptors (Lipinski definition) is 4. The molecule has 4 rings (SSSR count). The molecule has 0 unspecified atom stereocenters. The number of nitrogens with zero attached hydrogens (tertiary/aromatic N) is 1. The van der Waals surface area contributed by atoms with Crippen LogP contribution in [-0.4, -0.2) is 16.7 Å². The predicted octanol–water partition coefficient (Wildman–Crippen LogP) is 5.29. The largest absolute Gasteiger partial charge is 0.429 e. The molecule has 2 saturated carbocycles. The Bertz CT molecular complexity index is 858. The lowest BCUT2D eigenvalue weighted by Gasteiger charge is -2.60. The Balaban J connectivity index is 1.78. The van der Waals surface area contributed by atoms with Crippen LogP contribution >= 0.6 is 0 Å². The van der Waals surface area contributed by atoms with Crippen LogP contribution in [0, 0.1) is 45.3 Å². The standard InChI is InChI=1S/C25H35NO3/c1-15(27)29-21-16(14-26)13-23(4)18-9-11-24(5)19(10-12-25(24,6)28)17(18)7-8-20(23)22(21,2)3/h8,17-19,28H,7,9-13H2,1-6H3/t17-,18+,19+,23-,24+,25-/m1/s1. The minimum Gasteiger partial charge on any atom is -0.429 e. The lowest BCUT2D eigenvalue weighted by Crippen LogP contribution is -2.55. The smallest absolute Gasteiger partial charge is 0.307 e. The summed E-state index contributed by atoms with van der Waals surface area (Å²) in [5.41, 5.74) is 0.788. The third kappa shape index (κ3) is 2.62. The van der Waals surface area contributed by atoms with E-state index in [9.17, 15) is 15.2 Å². The summed E-state index contributed by atoms with van der Waals surface area (Å²) in [4.78, 5) is 11.7. The summed E-state index contributed by atoms with van der Waals surface area (Å²) < 4.78 is 5.60.